The number of hydrogen-bond donors (Lipinski definition) is 1. The molecule has 2 aromatic heterocycles. The van der Waals surface area contributed by atoms with Gasteiger partial charge in [0.1, 0.15) is 16.5 Å². The minimum atomic E-state index is -3.90. The Hall–Kier alpha value is -2.48. The fourth-order valence-electron chi connectivity index (χ4n) is 2.34. The molecular weight excluding hydrogens is 333 g/mol. The molecular formula is C16H16FN3O3S. The highest BCUT2D eigenvalue weighted by Gasteiger charge is 2.20. The summed E-state index contributed by atoms with van der Waals surface area (Å²) in [5.74, 6) is 0.343. The number of aryl methyl sites for hydroxylation is 1. The van der Waals surface area contributed by atoms with Gasteiger partial charge in [-0.15, -0.1) is 0 Å². The van der Waals surface area contributed by atoms with Crippen LogP contribution in [0.2, 0.25) is 0 Å². The van der Waals surface area contributed by atoms with E-state index in [4.69, 9.17) is 4.52 Å². The molecule has 0 aliphatic rings. The molecule has 126 valence electrons. The average Bonchev–Trinajstić information content (AvgIpc) is 2.87. The number of nitrogens with one attached hydrogen (secondary N) is 1. The zero-order valence-electron chi connectivity index (χ0n) is 13.2. The van der Waals surface area contributed by atoms with Crippen molar-refractivity contribution in [3.63, 3.8) is 0 Å². The van der Waals surface area contributed by atoms with E-state index < -0.39 is 15.8 Å². The molecule has 3 aromatic rings. The van der Waals surface area contributed by atoms with Gasteiger partial charge in [0.15, 0.2) is 5.82 Å². The van der Waals surface area contributed by atoms with E-state index in [1.54, 1.807) is 6.92 Å². The second-order valence-electron chi connectivity index (χ2n) is 5.44. The van der Waals surface area contributed by atoms with Gasteiger partial charge in [-0.25, -0.2) is 12.8 Å². The minimum absolute atomic E-state index is 0.0694. The van der Waals surface area contributed by atoms with Crippen LogP contribution in [0.3, 0.4) is 0 Å². The van der Waals surface area contributed by atoms with Gasteiger partial charge < -0.3 is 4.52 Å². The zero-order valence-corrected chi connectivity index (χ0v) is 14.0. The van der Waals surface area contributed by atoms with E-state index in [-0.39, 0.29) is 10.7 Å². The topological polar surface area (TPSA) is 85.1 Å². The third kappa shape index (κ3) is 3.09. The van der Waals surface area contributed by atoms with E-state index in [1.165, 1.54) is 30.5 Å². The maximum absolute atomic E-state index is 13.3. The van der Waals surface area contributed by atoms with E-state index in [2.05, 4.69) is 14.9 Å². The number of aromatic nitrogens is 2. The van der Waals surface area contributed by atoms with Crippen LogP contribution < -0.4 is 4.72 Å². The highest BCUT2D eigenvalue weighted by atomic mass is 32.2. The van der Waals surface area contributed by atoms with Crippen molar-refractivity contribution in [2.24, 2.45) is 0 Å². The molecule has 0 unspecified atom stereocenters. The third-order valence-electron chi connectivity index (χ3n) is 3.66. The van der Waals surface area contributed by atoms with Crippen molar-refractivity contribution in [3.05, 3.63) is 47.6 Å². The van der Waals surface area contributed by atoms with Crippen LogP contribution in [-0.2, 0) is 16.4 Å². The molecule has 3 rings (SSSR count). The number of sulfonamides is 1. The monoisotopic (exact) mass is 349 g/mol. The molecule has 6 nitrogen and oxygen atoms in total. The maximum atomic E-state index is 13.3. The van der Waals surface area contributed by atoms with Crippen LogP contribution in [-0.4, -0.2) is 18.6 Å². The number of fused-ring (bicyclic) bond motifs is 1. The van der Waals surface area contributed by atoms with E-state index >= 15 is 0 Å². The van der Waals surface area contributed by atoms with Crippen LogP contribution in [0.25, 0.3) is 10.9 Å². The second kappa shape index (κ2) is 6.20. The molecule has 0 atom stereocenters. The minimum Gasteiger partial charge on any atom is -0.359 e. The van der Waals surface area contributed by atoms with Gasteiger partial charge in [0, 0.05) is 23.6 Å². The summed E-state index contributed by atoms with van der Waals surface area (Å²) in [5.41, 5.74) is 1.17. The molecule has 0 radical (unpaired) electrons. The fraction of sp³-hybridized carbons (Fsp3) is 0.250. The van der Waals surface area contributed by atoms with Crippen molar-refractivity contribution in [2.75, 3.05) is 4.72 Å². The van der Waals surface area contributed by atoms with Gasteiger partial charge in [-0.1, -0.05) is 12.1 Å². The summed E-state index contributed by atoms with van der Waals surface area (Å²) in [6.45, 7) is 3.74. The Morgan fingerprint density at radius 2 is 2.08 bits per heavy atom. The molecule has 0 aliphatic heterocycles. The lowest BCUT2D eigenvalue weighted by Gasteiger charge is -2.07. The van der Waals surface area contributed by atoms with Crippen LogP contribution in [0.4, 0.5) is 10.2 Å². The average molecular weight is 349 g/mol. The van der Waals surface area contributed by atoms with Crippen molar-refractivity contribution >= 4 is 26.7 Å². The van der Waals surface area contributed by atoms with Crippen molar-refractivity contribution < 1.29 is 17.3 Å². The molecule has 0 amide bonds. The largest absolute Gasteiger partial charge is 0.359 e. The van der Waals surface area contributed by atoms with E-state index in [0.717, 1.165) is 6.42 Å². The molecule has 0 fully saturated rings. The molecule has 8 heteroatoms. The zero-order chi connectivity index (χ0) is 17.3. The normalized spacial score (nSPS) is 11.8. The maximum Gasteiger partial charge on any atom is 0.264 e. The lowest BCUT2D eigenvalue weighted by atomic mass is 10.2. The first-order chi connectivity index (χ1) is 11.4. The van der Waals surface area contributed by atoms with Crippen LogP contribution in [0.5, 0.6) is 0 Å². The number of halogens is 1. The lowest BCUT2D eigenvalue weighted by molar-refractivity contribution is 0.383. The van der Waals surface area contributed by atoms with Gasteiger partial charge in [0.2, 0.25) is 0 Å². The van der Waals surface area contributed by atoms with Gasteiger partial charge in [-0.05, 0) is 37.6 Å². The predicted octanol–water partition coefficient (Wildman–Crippen LogP) is 3.42. The predicted molar refractivity (Wildman–Crippen MR) is 87.7 cm³/mol. The Balaban J connectivity index is 1.96. The van der Waals surface area contributed by atoms with Crippen LogP contribution in [0, 0.1) is 12.7 Å². The van der Waals surface area contributed by atoms with Gasteiger partial charge >= 0.3 is 0 Å². The molecule has 24 heavy (non-hydrogen) atoms. The summed E-state index contributed by atoms with van der Waals surface area (Å²) in [5, 5.41) is 4.18. The van der Waals surface area contributed by atoms with Gasteiger partial charge in [-0.2, -0.15) is 0 Å². The molecule has 1 N–H and O–H groups in total. The first-order valence-electron chi connectivity index (χ1n) is 7.44. The Morgan fingerprint density at radius 1 is 1.29 bits per heavy atom. The van der Waals surface area contributed by atoms with Crippen LogP contribution >= 0.6 is 0 Å². The quantitative estimate of drug-likeness (QED) is 0.763. The standard InChI is InChI=1S/C16H16FN3O3S/c1-3-4-15-10(2)16(19-23-15)20-24(21,22)13-8-11-7-12(17)5-6-14(11)18-9-13/h5-9H,3-4H2,1-2H3,(H,19,20). The van der Waals surface area contributed by atoms with Gasteiger partial charge in [0.25, 0.3) is 10.0 Å². The highest BCUT2D eigenvalue weighted by Crippen LogP contribution is 2.24. The van der Waals surface area contributed by atoms with Crippen molar-refractivity contribution in [2.45, 2.75) is 31.6 Å². The van der Waals surface area contributed by atoms with Crippen molar-refractivity contribution in [1.29, 1.82) is 0 Å². The summed E-state index contributed by atoms with van der Waals surface area (Å²) >= 11 is 0. The molecule has 1 aromatic carbocycles. The lowest BCUT2D eigenvalue weighted by Crippen LogP contribution is -2.14. The molecule has 0 aliphatic carbocycles. The molecule has 0 spiro atoms. The third-order valence-corrected chi connectivity index (χ3v) is 4.96. The van der Waals surface area contributed by atoms with Crippen LogP contribution in [0.1, 0.15) is 24.7 Å². The van der Waals surface area contributed by atoms with Gasteiger partial charge in [-0.3, -0.25) is 9.71 Å². The smallest absolute Gasteiger partial charge is 0.264 e. The number of benzene rings is 1. The van der Waals surface area contributed by atoms with Crippen molar-refractivity contribution in [1.82, 2.24) is 10.1 Å². The summed E-state index contributed by atoms with van der Waals surface area (Å²) in [6.07, 6.45) is 2.77. The second-order valence-corrected chi connectivity index (χ2v) is 7.13. The first-order valence-corrected chi connectivity index (χ1v) is 8.92. The fourth-order valence-corrected chi connectivity index (χ4v) is 3.38. The summed E-state index contributed by atoms with van der Waals surface area (Å²) in [6, 6.07) is 5.38. The Kier molecular flexibility index (Phi) is 4.23. The van der Waals surface area contributed by atoms with E-state index in [0.29, 0.717) is 28.6 Å². The Morgan fingerprint density at radius 3 is 2.83 bits per heavy atom. The van der Waals surface area contributed by atoms with Gasteiger partial charge in [0.05, 0.1) is 5.52 Å². The number of nitrogens with zero attached hydrogens (tertiary/aromatic N) is 2. The van der Waals surface area contributed by atoms with E-state index in [1.807, 2.05) is 6.92 Å². The summed E-state index contributed by atoms with van der Waals surface area (Å²) in [7, 11) is -3.90. The summed E-state index contributed by atoms with van der Waals surface area (Å²) in [4.78, 5) is 3.99. The molecule has 0 saturated heterocycles. The summed E-state index contributed by atoms with van der Waals surface area (Å²) < 4.78 is 45.9. The Labute approximate surface area is 138 Å². The Bertz CT molecular complexity index is 999. The highest BCUT2D eigenvalue weighted by molar-refractivity contribution is 7.92. The number of anilines is 1. The number of rotatable bonds is 5. The number of pyridine rings is 1. The van der Waals surface area contributed by atoms with Crippen LogP contribution in [0.15, 0.2) is 39.9 Å². The van der Waals surface area contributed by atoms with E-state index in [9.17, 15) is 12.8 Å². The molecule has 2 heterocycles. The SMILES string of the molecule is CCCc1onc(NS(=O)(=O)c2cnc3ccc(F)cc3c2)c1C. The number of hydrogen-bond acceptors (Lipinski definition) is 5. The molecule has 0 saturated carbocycles. The molecule has 0 bridgehead atoms. The first kappa shape index (κ1) is 16.4. The van der Waals surface area contributed by atoms with Crippen molar-refractivity contribution in [3.8, 4) is 0 Å².